The van der Waals surface area contributed by atoms with Gasteiger partial charge >= 0.3 is 0 Å². The van der Waals surface area contributed by atoms with Crippen LogP contribution in [0.15, 0.2) is 18.2 Å². The minimum absolute atomic E-state index is 0.276. The fourth-order valence-electron chi connectivity index (χ4n) is 2.05. The van der Waals surface area contributed by atoms with E-state index >= 15 is 0 Å². The average molecular weight is 236 g/mol. The molecule has 17 heavy (non-hydrogen) atoms. The largest absolute Gasteiger partial charge is 0.492 e. The number of hydrogen-bond donors (Lipinski definition) is 1. The molecule has 0 spiro atoms. The van der Waals surface area contributed by atoms with Gasteiger partial charge in [-0.05, 0) is 32.5 Å². The third-order valence-electron chi connectivity index (χ3n) is 2.94. The lowest BCUT2D eigenvalue weighted by Gasteiger charge is -2.15. The summed E-state index contributed by atoms with van der Waals surface area (Å²) in [5, 5.41) is 0. The third kappa shape index (κ3) is 3.03. The molecule has 0 aromatic heterocycles. The van der Waals surface area contributed by atoms with Crippen molar-refractivity contribution in [2.75, 3.05) is 32.5 Å². The zero-order valence-electron chi connectivity index (χ0n) is 10.5. The summed E-state index contributed by atoms with van der Waals surface area (Å²) in [6.07, 6.45) is 1.35. The first-order valence-corrected chi connectivity index (χ1v) is 6.06. The lowest BCUT2D eigenvalue weighted by Crippen LogP contribution is -2.21. The Morgan fingerprint density at radius 1 is 1.47 bits per heavy atom. The molecular weight excluding hydrogens is 216 g/mol. The molecule has 1 heterocycles. The molecule has 0 aliphatic carbocycles. The quantitative estimate of drug-likeness (QED) is 0.809. The topological polar surface area (TPSA) is 47.7 Å². The molecule has 4 nitrogen and oxygen atoms in total. The van der Waals surface area contributed by atoms with Gasteiger partial charge in [-0.3, -0.25) is 0 Å². The van der Waals surface area contributed by atoms with Gasteiger partial charge in [0, 0.05) is 19.2 Å². The van der Waals surface area contributed by atoms with Crippen LogP contribution >= 0.6 is 0 Å². The zero-order valence-corrected chi connectivity index (χ0v) is 10.5. The lowest BCUT2D eigenvalue weighted by atomic mass is 10.2. The van der Waals surface area contributed by atoms with Crippen LogP contribution in [-0.4, -0.2) is 37.7 Å². The van der Waals surface area contributed by atoms with E-state index in [1.807, 2.05) is 25.1 Å². The summed E-state index contributed by atoms with van der Waals surface area (Å²) in [6, 6.07) is 5.60. The molecule has 1 aromatic carbocycles. The first-order chi connectivity index (χ1) is 8.19. The number of anilines is 1. The second-order valence-electron chi connectivity index (χ2n) is 4.42. The zero-order chi connectivity index (χ0) is 12.3. The molecule has 94 valence electrons. The predicted molar refractivity (Wildman–Crippen MR) is 68.6 cm³/mol. The molecule has 0 amide bonds. The molecule has 1 aromatic rings. The third-order valence-corrected chi connectivity index (χ3v) is 2.94. The standard InChI is InChI=1S/C13H20N2O2/c1-3-16-13-8-10(4-5-12(13)14)17-11-6-7-15(2)9-11/h4-5,8,11H,3,6-7,9,14H2,1-2H3. The summed E-state index contributed by atoms with van der Waals surface area (Å²) in [5.41, 5.74) is 6.47. The molecule has 1 atom stereocenters. The summed E-state index contributed by atoms with van der Waals surface area (Å²) in [4.78, 5) is 2.27. The van der Waals surface area contributed by atoms with Crippen LogP contribution in [0.3, 0.4) is 0 Å². The van der Waals surface area contributed by atoms with Crippen molar-refractivity contribution in [2.45, 2.75) is 19.4 Å². The molecule has 1 fully saturated rings. The van der Waals surface area contributed by atoms with E-state index in [1.165, 1.54) is 0 Å². The molecule has 0 radical (unpaired) electrons. The SMILES string of the molecule is CCOc1cc(OC2CCN(C)C2)ccc1N. The van der Waals surface area contributed by atoms with Gasteiger partial charge in [-0.15, -0.1) is 0 Å². The second kappa shape index (κ2) is 5.27. The van der Waals surface area contributed by atoms with E-state index in [1.54, 1.807) is 0 Å². The Hall–Kier alpha value is -1.42. The second-order valence-corrected chi connectivity index (χ2v) is 4.42. The molecule has 0 saturated carbocycles. The van der Waals surface area contributed by atoms with Gasteiger partial charge in [-0.1, -0.05) is 0 Å². The number of likely N-dealkylation sites (tertiary alicyclic amines) is 1. The Morgan fingerprint density at radius 2 is 2.29 bits per heavy atom. The smallest absolute Gasteiger partial charge is 0.145 e. The summed E-state index contributed by atoms with van der Waals surface area (Å²) in [7, 11) is 2.11. The number of nitrogens with two attached hydrogens (primary N) is 1. The van der Waals surface area contributed by atoms with E-state index in [0.717, 1.165) is 25.3 Å². The molecule has 2 N–H and O–H groups in total. The fourth-order valence-corrected chi connectivity index (χ4v) is 2.05. The predicted octanol–water partition coefficient (Wildman–Crippen LogP) is 1.75. The van der Waals surface area contributed by atoms with Gasteiger partial charge < -0.3 is 20.1 Å². The average Bonchev–Trinajstić information content (AvgIpc) is 2.69. The Bertz CT molecular complexity index is 382. The number of nitrogens with zero attached hydrogens (tertiary/aromatic N) is 1. The molecule has 1 aliphatic heterocycles. The summed E-state index contributed by atoms with van der Waals surface area (Å²) in [6.45, 7) is 4.63. The fraction of sp³-hybridized carbons (Fsp3) is 0.538. The Kier molecular flexibility index (Phi) is 3.74. The highest BCUT2D eigenvalue weighted by Crippen LogP contribution is 2.28. The lowest BCUT2D eigenvalue weighted by molar-refractivity contribution is 0.207. The van der Waals surface area contributed by atoms with Gasteiger partial charge in [0.2, 0.25) is 0 Å². The highest BCUT2D eigenvalue weighted by Gasteiger charge is 2.21. The molecular formula is C13H20N2O2. The Labute approximate surface area is 102 Å². The maximum absolute atomic E-state index is 5.91. The van der Waals surface area contributed by atoms with Gasteiger partial charge in [0.1, 0.15) is 17.6 Å². The number of benzene rings is 1. The van der Waals surface area contributed by atoms with Crippen LogP contribution in [0.2, 0.25) is 0 Å². The van der Waals surface area contributed by atoms with Gasteiger partial charge in [-0.2, -0.15) is 0 Å². The van der Waals surface area contributed by atoms with E-state index < -0.39 is 0 Å². The summed E-state index contributed by atoms with van der Waals surface area (Å²) in [5.74, 6) is 1.54. The van der Waals surface area contributed by atoms with E-state index in [4.69, 9.17) is 15.2 Å². The van der Waals surface area contributed by atoms with E-state index in [-0.39, 0.29) is 6.10 Å². The number of nitrogen functional groups attached to an aromatic ring is 1. The Morgan fingerprint density at radius 3 is 2.94 bits per heavy atom. The van der Waals surface area contributed by atoms with Crippen LogP contribution in [0.4, 0.5) is 5.69 Å². The van der Waals surface area contributed by atoms with Gasteiger partial charge in [0.05, 0.1) is 12.3 Å². The maximum Gasteiger partial charge on any atom is 0.145 e. The van der Waals surface area contributed by atoms with Crippen molar-refractivity contribution in [1.29, 1.82) is 0 Å². The number of ether oxygens (including phenoxy) is 2. The number of rotatable bonds is 4. The summed E-state index contributed by atoms with van der Waals surface area (Å²) >= 11 is 0. The first kappa shape index (κ1) is 12.0. The summed E-state index contributed by atoms with van der Waals surface area (Å²) < 4.78 is 11.4. The van der Waals surface area contributed by atoms with Crippen molar-refractivity contribution in [3.8, 4) is 11.5 Å². The minimum atomic E-state index is 0.276. The maximum atomic E-state index is 5.91. The van der Waals surface area contributed by atoms with E-state index in [9.17, 15) is 0 Å². The van der Waals surface area contributed by atoms with Crippen LogP contribution in [0, 0.1) is 0 Å². The molecule has 4 heteroatoms. The van der Waals surface area contributed by atoms with Crippen LogP contribution < -0.4 is 15.2 Å². The van der Waals surface area contributed by atoms with Crippen molar-refractivity contribution >= 4 is 5.69 Å². The Balaban J connectivity index is 2.03. The van der Waals surface area contributed by atoms with Crippen LogP contribution in [0.1, 0.15) is 13.3 Å². The van der Waals surface area contributed by atoms with E-state index in [2.05, 4.69) is 11.9 Å². The molecule has 0 bridgehead atoms. The van der Waals surface area contributed by atoms with Crippen LogP contribution in [-0.2, 0) is 0 Å². The van der Waals surface area contributed by atoms with Crippen LogP contribution in [0.5, 0.6) is 11.5 Å². The van der Waals surface area contributed by atoms with Crippen molar-refractivity contribution in [2.24, 2.45) is 0 Å². The monoisotopic (exact) mass is 236 g/mol. The molecule has 1 saturated heterocycles. The highest BCUT2D eigenvalue weighted by atomic mass is 16.5. The van der Waals surface area contributed by atoms with E-state index in [0.29, 0.717) is 18.0 Å². The van der Waals surface area contributed by atoms with Gasteiger partial charge in [0.25, 0.3) is 0 Å². The van der Waals surface area contributed by atoms with Crippen LogP contribution in [0.25, 0.3) is 0 Å². The normalized spacial score (nSPS) is 20.5. The number of likely N-dealkylation sites (N-methyl/N-ethyl adjacent to an activating group) is 1. The first-order valence-electron chi connectivity index (χ1n) is 6.06. The molecule has 1 aliphatic rings. The minimum Gasteiger partial charge on any atom is -0.492 e. The number of hydrogen-bond acceptors (Lipinski definition) is 4. The van der Waals surface area contributed by atoms with Crippen molar-refractivity contribution in [3.05, 3.63) is 18.2 Å². The molecule has 1 unspecified atom stereocenters. The van der Waals surface area contributed by atoms with Crippen molar-refractivity contribution in [1.82, 2.24) is 4.90 Å². The van der Waals surface area contributed by atoms with Crippen molar-refractivity contribution in [3.63, 3.8) is 0 Å². The molecule has 2 rings (SSSR count). The van der Waals surface area contributed by atoms with Gasteiger partial charge in [-0.25, -0.2) is 0 Å². The van der Waals surface area contributed by atoms with Gasteiger partial charge in [0.15, 0.2) is 0 Å². The van der Waals surface area contributed by atoms with Crippen molar-refractivity contribution < 1.29 is 9.47 Å². The highest BCUT2D eigenvalue weighted by molar-refractivity contribution is 5.55.